The lowest BCUT2D eigenvalue weighted by molar-refractivity contribution is 0.412. The van der Waals surface area contributed by atoms with Crippen LogP contribution in [0.4, 0.5) is 4.39 Å². The zero-order valence-corrected chi connectivity index (χ0v) is 16.0. The summed E-state index contributed by atoms with van der Waals surface area (Å²) in [5, 5.41) is 15.5. The molecule has 5 rings (SSSR count). The largest absolute Gasteiger partial charge is 0.494 e. The third-order valence-corrected chi connectivity index (χ3v) is 5.64. The fraction of sp³-hybridized carbons (Fsp3) is 0.143. The molecule has 146 valence electrons. The average Bonchev–Trinajstić information content (AvgIpc) is 3.09. The van der Waals surface area contributed by atoms with E-state index < -0.39 is 17.4 Å². The highest BCUT2D eigenvalue weighted by Gasteiger charge is 2.30. The van der Waals surface area contributed by atoms with E-state index in [9.17, 15) is 14.3 Å². The normalized spacial score (nSPS) is 16.1. The van der Waals surface area contributed by atoms with Gasteiger partial charge in [0.25, 0.3) is 5.56 Å². The van der Waals surface area contributed by atoms with Gasteiger partial charge in [0.05, 0.1) is 11.7 Å². The Hall–Kier alpha value is -3.23. The number of H-pyrrole nitrogens is 2. The molecular formula is C21H17FN4O2S. The van der Waals surface area contributed by atoms with E-state index in [2.05, 4.69) is 15.3 Å². The molecule has 29 heavy (non-hydrogen) atoms. The number of aromatic nitrogens is 3. The summed E-state index contributed by atoms with van der Waals surface area (Å²) in [6.45, 7) is 0.657. The van der Waals surface area contributed by atoms with E-state index in [4.69, 9.17) is 12.2 Å². The second kappa shape index (κ2) is 6.68. The third kappa shape index (κ3) is 2.80. The van der Waals surface area contributed by atoms with Gasteiger partial charge in [-0.2, -0.15) is 0 Å². The van der Waals surface area contributed by atoms with Crippen LogP contribution >= 0.6 is 12.2 Å². The van der Waals surface area contributed by atoms with E-state index in [1.807, 2.05) is 24.3 Å². The summed E-state index contributed by atoms with van der Waals surface area (Å²) >= 11 is 5.26. The Morgan fingerprint density at radius 2 is 1.86 bits per heavy atom. The molecule has 0 fully saturated rings. The highest BCUT2D eigenvalue weighted by atomic mass is 32.1. The zero-order valence-electron chi connectivity index (χ0n) is 15.2. The zero-order chi connectivity index (χ0) is 20.1. The second-order valence-corrected chi connectivity index (χ2v) is 7.40. The van der Waals surface area contributed by atoms with Crippen LogP contribution in [0.15, 0.2) is 53.3 Å². The highest BCUT2D eigenvalue weighted by molar-refractivity contribution is 7.71. The minimum Gasteiger partial charge on any atom is -0.494 e. The molecule has 4 aromatic rings. The van der Waals surface area contributed by atoms with Crippen molar-refractivity contribution in [1.82, 2.24) is 19.9 Å². The van der Waals surface area contributed by atoms with Crippen LogP contribution in [0.1, 0.15) is 22.9 Å². The number of aromatic amines is 2. The third-order valence-electron chi connectivity index (χ3n) is 5.35. The van der Waals surface area contributed by atoms with Gasteiger partial charge in [-0.1, -0.05) is 18.2 Å². The lowest BCUT2D eigenvalue weighted by atomic mass is 9.95. The van der Waals surface area contributed by atoms with Gasteiger partial charge >= 0.3 is 0 Å². The molecule has 0 bridgehead atoms. The lowest BCUT2D eigenvalue weighted by Gasteiger charge is -2.25. The summed E-state index contributed by atoms with van der Waals surface area (Å²) in [5.74, 6) is -0.671. The number of rotatable bonds is 2. The molecule has 2 aromatic heterocycles. The fourth-order valence-corrected chi connectivity index (χ4v) is 4.34. The summed E-state index contributed by atoms with van der Waals surface area (Å²) in [7, 11) is 0. The van der Waals surface area contributed by atoms with Gasteiger partial charge in [0, 0.05) is 23.1 Å². The molecule has 1 atom stereocenters. The number of benzene rings is 2. The molecule has 2 aromatic carbocycles. The van der Waals surface area contributed by atoms with Crippen LogP contribution < -0.4 is 10.9 Å². The maximum atomic E-state index is 13.3. The van der Waals surface area contributed by atoms with Crippen molar-refractivity contribution < 1.29 is 9.50 Å². The van der Waals surface area contributed by atoms with Crippen molar-refractivity contribution in [3.63, 3.8) is 0 Å². The topological polar surface area (TPSA) is 85.8 Å². The Kier molecular flexibility index (Phi) is 4.11. The summed E-state index contributed by atoms with van der Waals surface area (Å²) in [5.41, 5.74) is 3.11. The van der Waals surface area contributed by atoms with Crippen molar-refractivity contribution in [2.24, 2.45) is 0 Å². The van der Waals surface area contributed by atoms with E-state index in [1.165, 1.54) is 28.8 Å². The van der Waals surface area contributed by atoms with Gasteiger partial charge in [-0.05, 0) is 54.5 Å². The molecule has 6 nitrogen and oxygen atoms in total. The first-order chi connectivity index (χ1) is 14.0. The molecular weight excluding hydrogens is 391 g/mol. The van der Waals surface area contributed by atoms with Crippen LogP contribution in [0.25, 0.3) is 16.6 Å². The molecule has 0 unspecified atom stereocenters. The van der Waals surface area contributed by atoms with Crippen LogP contribution in [-0.2, 0) is 6.42 Å². The molecule has 1 aliphatic rings. The molecule has 0 spiro atoms. The Labute approximate surface area is 169 Å². The molecule has 0 amide bonds. The van der Waals surface area contributed by atoms with Crippen molar-refractivity contribution in [3.8, 4) is 11.6 Å². The van der Waals surface area contributed by atoms with Crippen molar-refractivity contribution in [3.05, 3.63) is 86.3 Å². The van der Waals surface area contributed by atoms with E-state index >= 15 is 0 Å². The van der Waals surface area contributed by atoms with Gasteiger partial charge < -0.3 is 15.4 Å². The number of hydrogen-bond donors (Lipinski definition) is 4. The lowest BCUT2D eigenvalue weighted by Crippen LogP contribution is -2.35. The number of fused-ring (bicyclic) bond motifs is 3. The smallest absolute Gasteiger partial charge is 0.260 e. The monoisotopic (exact) mass is 408 g/mol. The summed E-state index contributed by atoms with van der Waals surface area (Å²) in [6.07, 6.45) is 0.811. The number of halogens is 1. The summed E-state index contributed by atoms with van der Waals surface area (Å²) in [4.78, 5) is 18.8. The average molecular weight is 408 g/mol. The quantitative estimate of drug-likeness (QED) is 0.383. The molecule has 0 saturated heterocycles. The van der Waals surface area contributed by atoms with Gasteiger partial charge in [0.15, 0.2) is 4.77 Å². The first-order valence-corrected chi connectivity index (χ1v) is 9.62. The van der Waals surface area contributed by atoms with E-state index in [-0.39, 0.29) is 16.2 Å². The van der Waals surface area contributed by atoms with Crippen molar-refractivity contribution in [2.75, 3.05) is 6.54 Å². The first kappa shape index (κ1) is 17.8. The minimum absolute atomic E-state index is 0.0375. The Morgan fingerprint density at radius 3 is 2.66 bits per heavy atom. The Morgan fingerprint density at radius 1 is 1.10 bits per heavy atom. The standard InChI is InChI=1S/C21H17FN4O2S/c22-11-5-7-12(8-6-11)26-20(28)16(19(27)25-21(26)29)18-17-14(9-10-23-18)13-3-1-2-4-15(13)24-17/h1-8,18,23-24,28H,9-10H2,(H,25,27,29)/t18-/m1/s1. The van der Waals surface area contributed by atoms with Crippen molar-refractivity contribution in [1.29, 1.82) is 0 Å². The van der Waals surface area contributed by atoms with Crippen LogP contribution in [0.2, 0.25) is 0 Å². The van der Waals surface area contributed by atoms with Gasteiger partial charge in [0.1, 0.15) is 11.4 Å². The van der Waals surface area contributed by atoms with Crippen LogP contribution in [0.5, 0.6) is 5.88 Å². The number of nitrogens with zero attached hydrogens (tertiary/aromatic N) is 1. The van der Waals surface area contributed by atoms with Crippen LogP contribution in [0.3, 0.4) is 0 Å². The molecule has 3 heterocycles. The molecule has 0 saturated carbocycles. The molecule has 1 aliphatic heterocycles. The maximum absolute atomic E-state index is 13.3. The molecule has 0 radical (unpaired) electrons. The SMILES string of the molecule is O=c1[nH]c(=S)n(-c2ccc(F)cc2)c(O)c1[C@H]1NCCc2c1[nH]c1ccccc21. The van der Waals surface area contributed by atoms with E-state index in [0.717, 1.165) is 28.6 Å². The van der Waals surface area contributed by atoms with Crippen LogP contribution in [-0.4, -0.2) is 26.2 Å². The van der Waals surface area contributed by atoms with E-state index in [1.54, 1.807) is 0 Å². The van der Waals surface area contributed by atoms with E-state index in [0.29, 0.717) is 12.2 Å². The second-order valence-electron chi connectivity index (χ2n) is 7.01. The van der Waals surface area contributed by atoms with Gasteiger partial charge in [-0.15, -0.1) is 0 Å². The minimum atomic E-state index is -0.530. The molecule has 0 aliphatic carbocycles. The number of aromatic hydroxyl groups is 1. The predicted molar refractivity (Wildman–Crippen MR) is 111 cm³/mol. The van der Waals surface area contributed by atoms with Gasteiger partial charge in [-0.25, -0.2) is 4.39 Å². The fourth-order valence-electron chi connectivity index (χ4n) is 4.06. The van der Waals surface area contributed by atoms with Gasteiger partial charge in [0.2, 0.25) is 5.88 Å². The number of hydrogen-bond acceptors (Lipinski definition) is 4. The highest BCUT2D eigenvalue weighted by Crippen LogP contribution is 2.35. The summed E-state index contributed by atoms with van der Waals surface area (Å²) in [6, 6.07) is 13.0. The van der Waals surface area contributed by atoms with Crippen molar-refractivity contribution >= 4 is 23.1 Å². The van der Waals surface area contributed by atoms with Crippen LogP contribution in [0, 0.1) is 10.6 Å². The summed E-state index contributed by atoms with van der Waals surface area (Å²) < 4.78 is 14.7. The van der Waals surface area contributed by atoms with Gasteiger partial charge in [-0.3, -0.25) is 14.3 Å². The Balaban J connectivity index is 1.74. The predicted octanol–water partition coefficient (Wildman–Crippen LogP) is 3.46. The first-order valence-electron chi connectivity index (χ1n) is 9.21. The number of nitrogens with one attached hydrogen (secondary N) is 3. The van der Waals surface area contributed by atoms with Crippen molar-refractivity contribution in [2.45, 2.75) is 12.5 Å². The maximum Gasteiger partial charge on any atom is 0.260 e. The molecule has 8 heteroatoms. The molecule has 4 N–H and O–H groups in total. The Bertz CT molecular complexity index is 1350. The number of para-hydroxylation sites is 1.